The lowest BCUT2D eigenvalue weighted by Crippen LogP contribution is -2.38. The van der Waals surface area contributed by atoms with Gasteiger partial charge >= 0.3 is 16.1 Å². The Morgan fingerprint density at radius 1 is 0.891 bits per heavy atom. The molecule has 9 nitrogen and oxygen atoms in total. The third-order valence-corrected chi connectivity index (χ3v) is 9.10. The SMILES string of the molecule is CCOC(CON=CC(=O)OS(=O)(=O)c1ccc(C)cc1)c1csc(NC(c2ccccc2)(c2ccccc2)c2ccccc2)n1. The van der Waals surface area contributed by atoms with Crippen LogP contribution in [0.5, 0.6) is 0 Å². The maximum Gasteiger partial charge on any atom is 0.368 e. The molecule has 0 bridgehead atoms. The van der Waals surface area contributed by atoms with Crippen molar-refractivity contribution in [1.82, 2.24) is 4.98 Å². The monoisotopic (exact) mass is 655 g/mol. The number of nitrogens with zero attached hydrogens (tertiary/aromatic N) is 2. The van der Waals surface area contributed by atoms with Crippen LogP contribution in [-0.4, -0.2) is 38.8 Å². The summed E-state index contributed by atoms with van der Waals surface area (Å²) in [5.74, 6) is -1.19. The van der Waals surface area contributed by atoms with Crippen LogP contribution in [0.4, 0.5) is 5.13 Å². The van der Waals surface area contributed by atoms with Gasteiger partial charge in [0.05, 0.1) is 5.69 Å². The number of aromatic nitrogens is 1. The fourth-order valence-corrected chi connectivity index (χ4v) is 6.56. The summed E-state index contributed by atoms with van der Waals surface area (Å²) in [5.41, 5.74) is 3.85. The number of oxime groups is 1. The number of anilines is 1. The molecule has 11 heteroatoms. The molecule has 5 aromatic rings. The van der Waals surface area contributed by atoms with Gasteiger partial charge in [0.2, 0.25) is 0 Å². The van der Waals surface area contributed by atoms with Gasteiger partial charge in [-0.1, -0.05) is 114 Å². The van der Waals surface area contributed by atoms with E-state index in [0.717, 1.165) is 22.3 Å². The van der Waals surface area contributed by atoms with E-state index in [1.165, 1.54) is 23.5 Å². The highest BCUT2D eigenvalue weighted by atomic mass is 32.2. The second-order valence-corrected chi connectivity index (χ2v) is 12.6. The molecule has 4 aromatic carbocycles. The lowest BCUT2D eigenvalue weighted by molar-refractivity contribution is -0.126. The van der Waals surface area contributed by atoms with Crippen molar-refractivity contribution in [3.63, 3.8) is 0 Å². The summed E-state index contributed by atoms with van der Waals surface area (Å²) in [6.07, 6.45) is 0.0531. The first kappa shape index (κ1) is 32.6. The van der Waals surface area contributed by atoms with Gasteiger partial charge in [0.25, 0.3) is 0 Å². The zero-order chi connectivity index (χ0) is 32.4. The first-order valence-corrected chi connectivity index (χ1v) is 16.8. The Labute approximate surface area is 272 Å². The molecule has 1 N–H and O–H groups in total. The summed E-state index contributed by atoms with van der Waals surface area (Å²) in [7, 11) is -4.29. The average molecular weight is 656 g/mol. The van der Waals surface area contributed by atoms with Crippen LogP contribution in [0.25, 0.3) is 0 Å². The molecule has 0 radical (unpaired) electrons. The highest BCUT2D eigenvalue weighted by molar-refractivity contribution is 7.87. The van der Waals surface area contributed by atoms with E-state index >= 15 is 0 Å². The molecule has 1 heterocycles. The van der Waals surface area contributed by atoms with Gasteiger partial charge in [-0.3, -0.25) is 0 Å². The fourth-order valence-electron chi connectivity index (χ4n) is 4.93. The van der Waals surface area contributed by atoms with E-state index in [1.807, 2.05) is 73.8 Å². The number of ether oxygens (including phenoxy) is 1. The minimum atomic E-state index is -4.29. The van der Waals surface area contributed by atoms with Crippen LogP contribution in [0.3, 0.4) is 0 Å². The number of hydrogen-bond donors (Lipinski definition) is 1. The molecule has 0 aliphatic rings. The number of nitrogens with one attached hydrogen (secondary N) is 1. The third kappa shape index (κ3) is 7.68. The fraction of sp³-hybridized carbons (Fsp3) is 0.171. The molecule has 0 aliphatic heterocycles. The van der Waals surface area contributed by atoms with Crippen LogP contribution in [0, 0.1) is 6.92 Å². The van der Waals surface area contributed by atoms with Gasteiger partial charge in [-0.25, -0.2) is 9.78 Å². The van der Waals surface area contributed by atoms with Gasteiger partial charge in [-0.05, 0) is 42.7 Å². The molecule has 1 aromatic heterocycles. The van der Waals surface area contributed by atoms with E-state index in [4.69, 9.17) is 14.6 Å². The smallest absolute Gasteiger partial charge is 0.368 e. The van der Waals surface area contributed by atoms with Crippen LogP contribution >= 0.6 is 11.3 Å². The van der Waals surface area contributed by atoms with Crippen molar-refractivity contribution in [2.75, 3.05) is 18.5 Å². The maximum atomic E-state index is 12.4. The lowest BCUT2D eigenvalue weighted by atomic mass is 9.77. The Morgan fingerprint density at radius 3 is 1.96 bits per heavy atom. The summed E-state index contributed by atoms with van der Waals surface area (Å²) >= 11 is 1.43. The van der Waals surface area contributed by atoms with E-state index in [2.05, 4.69) is 51.1 Å². The van der Waals surface area contributed by atoms with Crippen molar-refractivity contribution in [3.05, 3.63) is 149 Å². The van der Waals surface area contributed by atoms with E-state index < -0.39 is 27.7 Å². The van der Waals surface area contributed by atoms with E-state index in [-0.39, 0.29) is 11.5 Å². The Balaban J connectivity index is 1.33. The largest absolute Gasteiger partial charge is 0.392 e. The summed E-state index contributed by atoms with van der Waals surface area (Å²) in [4.78, 5) is 22.2. The predicted molar refractivity (Wildman–Crippen MR) is 178 cm³/mol. The first-order chi connectivity index (χ1) is 22.3. The zero-order valence-corrected chi connectivity index (χ0v) is 26.9. The maximum absolute atomic E-state index is 12.4. The molecule has 236 valence electrons. The van der Waals surface area contributed by atoms with Crippen molar-refractivity contribution in [2.24, 2.45) is 5.16 Å². The Morgan fingerprint density at radius 2 is 1.43 bits per heavy atom. The number of rotatable bonds is 14. The van der Waals surface area contributed by atoms with Crippen LogP contribution < -0.4 is 5.32 Å². The standard InChI is InChI=1S/C35H33N3O6S2/c1-3-42-32(24-43-36-23-33(39)44-46(40,41)30-21-19-26(2)20-22-30)31-25-45-34(37-31)38-35(27-13-7-4-8-14-27,28-15-9-5-10-16-28)29-17-11-6-12-18-29/h4-23,25,32H,3,24H2,1-2H3,(H,37,38). The average Bonchev–Trinajstić information content (AvgIpc) is 3.54. The van der Waals surface area contributed by atoms with Crippen LogP contribution in [-0.2, 0) is 34.2 Å². The van der Waals surface area contributed by atoms with Crippen LogP contribution in [0.15, 0.2) is 131 Å². The van der Waals surface area contributed by atoms with Gasteiger partial charge in [0.1, 0.15) is 23.1 Å². The van der Waals surface area contributed by atoms with Crippen molar-refractivity contribution in [2.45, 2.75) is 30.4 Å². The number of thiazole rings is 1. The molecule has 0 amide bonds. The van der Waals surface area contributed by atoms with E-state index in [9.17, 15) is 13.2 Å². The summed E-state index contributed by atoms with van der Waals surface area (Å²) < 4.78 is 35.2. The summed E-state index contributed by atoms with van der Waals surface area (Å²) in [5, 5.41) is 9.89. The summed E-state index contributed by atoms with van der Waals surface area (Å²) in [6, 6.07) is 36.5. The van der Waals surface area contributed by atoms with Crippen LogP contribution in [0.2, 0.25) is 0 Å². The number of carbonyl (C=O) groups excluding carboxylic acids is 1. The Bertz CT molecular complexity index is 1750. The predicted octanol–water partition coefficient (Wildman–Crippen LogP) is 6.87. The van der Waals surface area contributed by atoms with Gasteiger partial charge in [0, 0.05) is 12.0 Å². The van der Waals surface area contributed by atoms with Gasteiger partial charge < -0.3 is 19.1 Å². The number of hydrogen-bond acceptors (Lipinski definition) is 10. The number of aryl methyl sites for hydroxylation is 1. The van der Waals surface area contributed by atoms with Crippen molar-refractivity contribution in [1.29, 1.82) is 0 Å². The molecule has 0 aliphatic carbocycles. The van der Waals surface area contributed by atoms with Gasteiger partial charge in [-0.2, -0.15) is 8.42 Å². The second-order valence-electron chi connectivity index (χ2n) is 10.2. The van der Waals surface area contributed by atoms with Crippen molar-refractivity contribution >= 4 is 38.8 Å². The minimum Gasteiger partial charge on any atom is -0.392 e. The third-order valence-electron chi connectivity index (χ3n) is 7.09. The Kier molecular flexibility index (Phi) is 10.6. The number of carbonyl (C=O) groups is 1. The molecular formula is C35H33N3O6S2. The van der Waals surface area contributed by atoms with Gasteiger partial charge in [-0.15, -0.1) is 11.3 Å². The zero-order valence-electron chi connectivity index (χ0n) is 25.3. The molecule has 0 saturated carbocycles. The highest BCUT2D eigenvalue weighted by Gasteiger charge is 2.37. The molecule has 5 rings (SSSR count). The van der Waals surface area contributed by atoms with Crippen LogP contribution in [0.1, 0.15) is 41.0 Å². The molecule has 1 unspecified atom stereocenters. The first-order valence-electron chi connectivity index (χ1n) is 14.5. The quantitative estimate of drug-likeness (QED) is 0.0597. The molecule has 46 heavy (non-hydrogen) atoms. The molecule has 0 spiro atoms. The molecular weight excluding hydrogens is 623 g/mol. The highest BCUT2D eigenvalue weighted by Crippen LogP contribution is 2.41. The molecule has 1 atom stereocenters. The molecule has 0 saturated heterocycles. The summed E-state index contributed by atoms with van der Waals surface area (Å²) in [6.45, 7) is 3.96. The van der Waals surface area contributed by atoms with Gasteiger partial charge in [0.15, 0.2) is 11.3 Å². The minimum absolute atomic E-state index is 0.0767. The second kappa shape index (κ2) is 15.0. The van der Waals surface area contributed by atoms with Crippen molar-refractivity contribution in [3.8, 4) is 0 Å². The van der Waals surface area contributed by atoms with Crippen molar-refractivity contribution < 1.29 is 27.0 Å². The topological polar surface area (TPSA) is 116 Å². The molecule has 0 fully saturated rings. The normalized spacial score (nSPS) is 12.5. The van der Waals surface area contributed by atoms with E-state index in [0.29, 0.717) is 23.6 Å². The Hall–Kier alpha value is -4.84. The number of benzene rings is 4. The van der Waals surface area contributed by atoms with E-state index in [1.54, 1.807) is 12.1 Å². The lowest BCUT2D eigenvalue weighted by Gasteiger charge is -2.36.